The smallest absolute Gasteiger partial charge is 0.252 e. The number of carbonyl (C=O) groups excluding carboxylic acids is 1. The average molecular weight is 401 g/mol. The minimum Gasteiger partial charge on any atom is -0.359 e. The Morgan fingerprint density at radius 2 is 1.38 bits per heavy atom. The summed E-state index contributed by atoms with van der Waals surface area (Å²) in [7, 11) is 0. The number of hydrogen-bond donors (Lipinski definition) is 1. The zero-order valence-electron chi connectivity index (χ0n) is 15.6. The second-order valence-corrected chi connectivity index (χ2v) is 7.32. The van der Waals surface area contributed by atoms with Crippen molar-refractivity contribution < 1.29 is 9.53 Å². The summed E-state index contributed by atoms with van der Waals surface area (Å²) in [5.41, 5.74) is 2.96. The van der Waals surface area contributed by atoms with Gasteiger partial charge < -0.3 is 4.74 Å². The molecule has 1 aromatic heterocycles. The molecule has 0 unspecified atom stereocenters. The minimum atomic E-state index is -0.322. The molecule has 0 radical (unpaired) electrons. The standard InChI is InChI=1S/C23H19N3O2S/c27-20(24-23-26-25-22(29-23)19-14-8-3-9-15-19)16-28-21(17-10-4-1-5-11-17)18-12-6-2-7-13-18/h1-15,21H,16H2,(H,24,26,27). The fourth-order valence-corrected chi connectivity index (χ4v) is 3.69. The molecule has 5 nitrogen and oxygen atoms in total. The molecule has 6 heteroatoms. The highest BCUT2D eigenvalue weighted by Crippen LogP contribution is 2.27. The van der Waals surface area contributed by atoms with Crippen LogP contribution in [0.4, 0.5) is 5.13 Å². The summed E-state index contributed by atoms with van der Waals surface area (Å²) in [5.74, 6) is -0.266. The van der Waals surface area contributed by atoms with Crippen LogP contribution in [0.15, 0.2) is 91.0 Å². The maximum absolute atomic E-state index is 12.4. The minimum absolute atomic E-state index is 0.0886. The highest BCUT2D eigenvalue weighted by molar-refractivity contribution is 7.18. The van der Waals surface area contributed by atoms with Gasteiger partial charge in [0, 0.05) is 5.56 Å². The van der Waals surface area contributed by atoms with Crippen LogP contribution in [0.1, 0.15) is 17.2 Å². The van der Waals surface area contributed by atoms with Crippen molar-refractivity contribution in [3.05, 3.63) is 102 Å². The number of rotatable bonds is 7. The van der Waals surface area contributed by atoms with Crippen molar-refractivity contribution in [1.82, 2.24) is 10.2 Å². The van der Waals surface area contributed by atoms with E-state index in [1.165, 1.54) is 11.3 Å². The zero-order chi connectivity index (χ0) is 19.9. The van der Waals surface area contributed by atoms with Crippen LogP contribution in [0.25, 0.3) is 10.6 Å². The van der Waals surface area contributed by atoms with Crippen LogP contribution in [0.5, 0.6) is 0 Å². The first-order valence-corrected chi connectivity index (χ1v) is 10.0. The first kappa shape index (κ1) is 19.0. The maximum atomic E-state index is 12.4. The Morgan fingerprint density at radius 3 is 1.97 bits per heavy atom. The quantitative estimate of drug-likeness (QED) is 0.476. The molecule has 1 N–H and O–H groups in total. The van der Waals surface area contributed by atoms with Crippen LogP contribution < -0.4 is 5.32 Å². The van der Waals surface area contributed by atoms with Gasteiger partial charge in [0.05, 0.1) is 0 Å². The molecule has 0 saturated heterocycles. The average Bonchev–Trinajstić information content (AvgIpc) is 3.24. The Morgan fingerprint density at radius 1 is 0.828 bits per heavy atom. The summed E-state index contributed by atoms with van der Waals surface area (Å²) >= 11 is 1.33. The number of amides is 1. The van der Waals surface area contributed by atoms with Crippen LogP contribution >= 0.6 is 11.3 Å². The second kappa shape index (κ2) is 9.23. The first-order valence-electron chi connectivity index (χ1n) is 9.20. The van der Waals surface area contributed by atoms with E-state index in [0.717, 1.165) is 21.7 Å². The van der Waals surface area contributed by atoms with Crippen LogP contribution in [-0.4, -0.2) is 22.7 Å². The van der Waals surface area contributed by atoms with Gasteiger partial charge in [-0.15, -0.1) is 10.2 Å². The molecule has 0 bridgehead atoms. The lowest BCUT2D eigenvalue weighted by atomic mass is 10.0. The fourth-order valence-electron chi connectivity index (χ4n) is 2.93. The summed E-state index contributed by atoms with van der Waals surface area (Å²) in [5, 5.41) is 12.2. The number of nitrogens with zero attached hydrogens (tertiary/aromatic N) is 2. The lowest BCUT2D eigenvalue weighted by Gasteiger charge is -2.18. The first-order chi connectivity index (χ1) is 14.3. The second-order valence-electron chi connectivity index (χ2n) is 6.34. The van der Waals surface area contributed by atoms with Crippen molar-refractivity contribution in [2.24, 2.45) is 0 Å². The van der Waals surface area contributed by atoms with Gasteiger partial charge in [-0.1, -0.05) is 102 Å². The van der Waals surface area contributed by atoms with Gasteiger partial charge in [-0.3, -0.25) is 10.1 Å². The molecular weight excluding hydrogens is 382 g/mol. The van der Waals surface area contributed by atoms with E-state index in [-0.39, 0.29) is 18.6 Å². The predicted octanol–water partition coefficient (Wildman–Crippen LogP) is 4.95. The van der Waals surface area contributed by atoms with E-state index in [2.05, 4.69) is 15.5 Å². The van der Waals surface area contributed by atoms with Gasteiger partial charge in [0.1, 0.15) is 17.7 Å². The van der Waals surface area contributed by atoms with Gasteiger partial charge in [-0.2, -0.15) is 0 Å². The number of nitrogens with one attached hydrogen (secondary N) is 1. The van der Waals surface area contributed by atoms with E-state index >= 15 is 0 Å². The third kappa shape index (κ3) is 4.93. The van der Waals surface area contributed by atoms with Gasteiger partial charge in [0.25, 0.3) is 5.91 Å². The highest BCUT2D eigenvalue weighted by Gasteiger charge is 2.17. The van der Waals surface area contributed by atoms with Crippen LogP contribution in [-0.2, 0) is 9.53 Å². The monoisotopic (exact) mass is 401 g/mol. The Kier molecular flexibility index (Phi) is 6.04. The zero-order valence-corrected chi connectivity index (χ0v) is 16.4. The molecule has 4 rings (SSSR count). The van der Waals surface area contributed by atoms with Gasteiger partial charge in [0.15, 0.2) is 0 Å². The third-order valence-corrected chi connectivity index (χ3v) is 5.17. The molecule has 1 heterocycles. The van der Waals surface area contributed by atoms with E-state index in [9.17, 15) is 4.79 Å². The Bertz CT molecular complexity index is 1010. The number of aromatic nitrogens is 2. The lowest BCUT2D eigenvalue weighted by molar-refractivity contribution is -0.121. The molecule has 0 aliphatic heterocycles. The number of ether oxygens (including phenoxy) is 1. The SMILES string of the molecule is O=C(COC(c1ccccc1)c1ccccc1)Nc1nnc(-c2ccccc2)s1. The summed E-state index contributed by atoms with van der Waals surface area (Å²) in [6.45, 7) is -0.0886. The predicted molar refractivity (Wildman–Crippen MR) is 115 cm³/mol. The van der Waals surface area contributed by atoms with Crippen molar-refractivity contribution in [3.8, 4) is 10.6 Å². The van der Waals surface area contributed by atoms with Crippen molar-refractivity contribution in [3.63, 3.8) is 0 Å². The fraction of sp³-hybridized carbons (Fsp3) is 0.0870. The van der Waals surface area contributed by atoms with E-state index in [0.29, 0.717) is 5.13 Å². The lowest BCUT2D eigenvalue weighted by Crippen LogP contribution is -2.20. The van der Waals surface area contributed by atoms with E-state index in [4.69, 9.17) is 4.74 Å². The third-order valence-electron chi connectivity index (χ3n) is 4.28. The topological polar surface area (TPSA) is 64.1 Å². The molecule has 29 heavy (non-hydrogen) atoms. The maximum Gasteiger partial charge on any atom is 0.252 e. The van der Waals surface area contributed by atoms with Gasteiger partial charge >= 0.3 is 0 Å². The van der Waals surface area contributed by atoms with Gasteiger partial charge in [-0.05, 0) is 11.1 Å². The van der Waals surface area contributed by atoms with E-state index < -0.39 is 0 Å². The summed E-state index contributed by atoms with van der Waals surface area (Å²) in [4.78, 5) is 12.4. The largest absolute Gasteiger partial charge is 0.359 e. The van der Waals surface area contributed by atoms with Crippen LogP contribution in [0.2, 0.25) is 0 Å². The van der Waals surface area contributed by atoms with Crippen molar-refractivity contribution >= 4 is 22.4 Å². The highest BCUT2D eigenvalue weighted by atomic mass is 32.1. The molecule has 1 amide bonds. The normalized spacial score (nSPS) is 10.8. The molecule has 0 fully saturated rings. The molecule has 3 aromatic carbocycles. The van der Waals surface area contributed by atoms with Crippen molar-refractivity contribution in [2.45, 2.75) is 6.10 Å². The summed E-state index contributed by atoms with van der Waals surface area (Å²) in [6.07, 6.45) is -0.322. The molecule has 0 atom stereocenters. The molecule has 4 aromatic rings. The van der Waals surface area contributed by atoms with Gasteiger partial charge in [-0.25, -0.2) is 0 Å². The van der Waals surface area contributed by atoms with E-state index in [1.807, 2.05) is 91.0 Å². The number of carbonyl (C=O) groups is 1. The van der Waals surface area contributed by atoms with Gasteiger partial charge in [0.2, 0.25) is 5.13 Å². The molecule has 0 aliphatic rings. The number of anilines is 1. The molecule has 0 spiro atoms. The Labute approximate surface area is 173 Å². The van der Waals surface area contributed by atoms with Crippen molar-refractivity contribution in [1.29, 1.82) is 0 Å². The number of benzene rings is 3. The Hall–Kier alpha value is -3.35. The Balaban J connectivity index is 1.42. The molecule has 0 aliphatic carbocycles. The van der Waals surface area contributed by atoms with E-state index in [1.54, 1.807) is 0 Å². The number of hydrogen-bond acceptors (Lipinski definition) is 5. The van der Waals surface area contributed by atoms with Crippen molar-refractivity contribution in [2.75, 3.05) is 11.9 Å². The van der Waals surface area contributed by atoms with Crippen LogP contribution in [0, 0.1) is 0 Å². The van der Waals surface area contributed by atoms with Crippen LogP contribution in [0.3, 0.4) is 0 Å². The molecular formula is C23H19N3O2S. The molecule has 0 saturated carbocycles. The summed E-state index contributed by atoms with van der Waals surface area (Å²) in [6, 6.07) is 29.5. The summed E-state index contributed by atoms with van der Waals surface area (Å²) < 4.78 is 5.98. The molecule has 144 valence electrons.